The lowest BCUT2D eigenvalue weighted by Gasteiger charge is -2.10. The predicted molar refractivity (Wildman–Crippen MR) is 39.0 cm³/mol. The molecule has 0 aromatic heterocycles. The molecule has 0 saturated heterocycles. The number of aliphatic imine (C=N–C) groups is 1. The van der Waals surface area contributed by atoms with Crippen LogP contribution in [0.4, 0.5) is 0 Å². The summed E-state index contributed by atoms with van der Waals surface area (Å²) in [5.41, 5.74) is 0. The monoisotopic (exact) mass is 126 g/mol. The third-order valence-electron chi connectivity index (χ3n) is 1.60. The van der Waals surface area contributed by atoms with E-state index in [-0.39, 0.29) is 0 Å². The summed E-state index contributed by atoms with van der Waals surface area (Å²) in [6.07, 6.45) is 0. The molecule has 0 aromatic carbocycles. The van der Waals surface area contributed by atoms with E-state index < -0.39 is 0 Å². The first-order chi connectivity index (χ1) is 4.18. The van der Waals surface area contributed by atoms with E-state index in [1.807, 2.05) is 6.01 Å². The molecule has 2 heteroatoms. The largest absolute Gasteiger partial charge is 0.242 e. The zero-order valence-corrected chi connectivity index (χ0v) is 6.31. The minimum absolute atomic E-state index is 0.572. The molecule has 52 valence electrons. The van der Waals surface area contributed by atoms with Gasteiger partial charge < -0.3 is 0 Å². The maximum atomic E-state index is 6.52. The molecule has 0 heterocycles. The van der Waals surface area contributed by atoms with Crippen molar-refractivity contribution in [3.05, 3.63) is 0 Å². The summed E-state index contributed by atoms with van der Waals surface area (Å²) in [6, 6.07) is 2.03. The molecular formula is C7H14N2. The molecule has 0 amide bonds. The van der Waals surface area contributed by atoms with Crippen LogP contribution in [0.25, 0.3) is 0 Å². The Bertz CT molecular complexity index is 112. The predicted octanol–water partition coefficient (Wildman–Crippen LogP) is 2.03. The Morgan fingerprint density at radius 2 is 2.00 bits per heavy atom. The standard InChI is InChI=1S/C7H14N2/c1-6(2)7(3)4-9-5-8/h6-8H,4H2,1-3H3. The van der Waals surface area contributed by atoms with Gasteiger partial charge >= 0.3 is 0 Å². The van der Waals surface area contributed by atoms with Gasteiger partial charge in [0.15, 0.2) is 0 Å². The smallest absolute Gasteiger partial charge is 0.0862 e. The highest BCUT2D eigenvalue weighted by atomic mass is 14.7. The van der Waals surface area contributed by atoms with Crippen LogP contribution in [0.3, 0.4) is 0 Å². The van der Waals surface area contributed by atoms with Crippen molar-refractivity contribution < 1.29 is 0 Å². The summed E-state index contributed by atoms with van der Waals surface area (Å²) in [5.74, 6) is 1.23. The SMILES string of the molecule is CC(C)C(C)CN=C=N. The zero-order valence-electron chi connectivity index (χ0n) is 6.31. The second-order valence-electron chi connectivity index (χ2n) is 2.67. The maximum absolute atomic E-state index is 6.52. The van der Waals surface area contributed by atoms with E-state index in [4.69, 9.17) is 5.41 Å². The molecule has 0 saturated carbocycles. The lowest BCUT2D eigenvalue weighted by molar-refractivity contribution is 0.431. The molecule has 1 atom stereocenters. The number of rotatable bonds is 3. The molecule has 0 bridgehead atoms. The first-order valence-electron chi connectivity index (χ1n) is 3.26. The van der Waals surface area contributed by atoms with Crippen molar-refractivity contribution in [3.63, 3.8) is 0 Å². The molecular weight excluding hydrogens is 112 g/mol. The lowest BCUT2D eigenvalue weighted by atomic mass is 9.99. The van der Waals surface area contributed by atoms with Gasteiger partial charge in [0.25, 0.3) is 0 Å². The first-order valence-corrected chi connectivity index (χ1v) is 3.26. The Labute approximate surface area is 56.5 Å². The molecule has 1 unspecified atom stereocenters. The summed E-state index contributed by atoms with van der Waals surface area (Å²) >= 11 is 0. The second-order valence-corrected chi connectivity index (χ2v) is 2.67. The minimum Gasteiger partial charge on any atom is -0.242 e. The fraction of sp³-hybridized carbons (Fsp3) is 0.857. The van der Waals surface area contributed by atoms with Gasteiger partial charge in [0.05, 0.1) is 12.6 Å². The van der Waals surface area contributed by atoms with Gasteiger partial charge in [0.1, 0.15) is 0 Å². The third kappa shape index (κ3) is 3.92. The fourth-order valence-electron chi connectivity index (χ4n) is 0.400. The van der Waals surface area contributed by atoms with Crippen LogP contribution in [-0.2, 0) is 0 Å². The lowest BCUT2D eigenvalue weighted by Crippen LogP contribution is -2.06. The zero-order chi connectivity index (χ0) is 7.28. The Hall–Kier alpha value is -0.620. The Balaban J connectivity index is 3.49. The molecule has 0 rings (SSSR count). The molecule has 0 spiro atoms. The molecule has 1 N–H and O–H groups in total. The van der Waals surface area contributed by atoms with Crippen LogP contribution in [0, 0.1) is 17.2 Å². The normalized spacial score (nSPS) is 12.9. The molecule has 0 fully saturated rings. The van der Waals surface area contributed by atoms with E-state index in [0.29, 0.717) is 11.8 Å². The van der Waals surface area contributed by atoms with E-state index in [2.05, 4.69) is 25.8 Å². The average Bonchev–Trinajstić information content (AvgIpc) is 1.82. The Kier molecular flexibility index (Phi) is 3.98. The van der Waals surface area contributed by atoms with Gasteiger partial charge in [0.2, 0.25) is 0 Å². The van der Waals surface area contributed by atoms with Gasteiger partial charge in [-0.2, -0.15) is 0 Å². The Morgan fingerprint density at radius 1 is 1.44 bits per heavy atom. The fourth-order valence-corrected chi connectivity index (χ4v) is 0.400. The van der Waals surface area contributed by atoms with Crippen molar-refractivity contribution in [1.82, 2.24) is 0 Å². The van der Waals surface area contributed by atoms with Crippen LogP contribution in [0.5, 0.6) is 0 Å². The quantitative estimate of drug-likeness (QED) is 0.562. The molecule has 0 aliphatic carbocycles. The molecule has 2 nitrogen and oxygen atoms in total. The molecule has 0 aliphatic rings. The highest BCUT2D eigenvalue weighted by molar-refractivity contribution is 5.35. The molecule has 0 radical (unpaired) electrons. The van der Waals surface area contributed by atoms with Crippen molar-refractivity contribution in [2.24, 2.45) is 16.8 Å². The van der Waals surface area contributed by atoms with Crippen LogP contribution in [0.15, 0.2) is 4.99 Å². The number of nitrogens with one attached hydrogen (secondary N) is 1. The van der Waals surface area contributed by atoms with Crippen molar-refractivity contribution in [2.45, 2.75) is 20.8 Å². The van der Waals surface area contributed by atoms with Gasteiger partial charge in [0, 0.05) is 0 Å². The van der Waals surface area contributed by atoms with Crippen LogP contribution in [0.2, 0.25) is 0 Å². The van der Waals surface area contributed by atoms with Crippen LogP contribution in [0.1, 0.15) is 20.8 Å². The van der Waals surface area contributed by atoms with Crippen LogP contribution >= 0.6 is 0 Å². The minimum atomic E-state index is 0.572. The van der Waals surface area contributed by atoms with Gasteiger partial charge in [-0.25, -0.2) is 10.4 Å². The Morgan fingerprint density at radius 3 is 2.33 bits per heavy atom. The van der Waals surface area contributed by atoms with Crippen molar-refractivity contribution in [1.29, 1.82) is 5.41 Å². The molecule has 0 aliphatic heterocycles. The average molecular weight is 126 g/mol. The summed E-state index contributed by atoms with van der Waals surface area (Å²) in [6.45, 7) is 7.18. The molecule has 0 aromatic rings. The van der Waals surface area contributed by atoms with Crippen molar-refractivity contribution in [3.8, 4) is 0 Å². The number of hydrogen-bond donors (Lipinski definition) is 1. The number of nitrogens with zero attached hydrogens (tertiary/aromatic N) is 1. The topological polar surface area (TPSA) is 36.2 Å². The van der Waals surface area contributed by atoms with E-state index in [0.717, 1.165) is 6.54 Å². The van der Waals surface area contributed by atoms with E-state index >= 15 is 0 Å². The number of hydrogen-bond acceptors (Lipinski definition) is 2. The van der Waals surface area contributed by atoms with Crippen LogP contribution < -0.4 is 0 Å². The van der Waals surface area contributed by atoms with Crippen LogP contribution in [-0.4, -0.2) is 12.6 Å². The van der Waals surface area contributed by atoms with Crippen molar-refractivity contribution in [2.75, 3.05) is 6.54 Å². The van der Waals surface area contributed by atoms with E-state index in [1.165, 1.54) is 0 Å². The third-order valence-corrected chi connectivity index (χ3v) is 1.60. The van der Waals surface area contributed by atoms with E-state index in [1.54, 1.807) is 0 Å². The van der Waals surface area contributed by atoms with E-state index in [9.17, 15) is 0 Å². The highest BCUT2D eigenvalue weighted by Gasteiger charge is 2.03. The summed E-state index contributed by atoms with van der Waals surface area (Å²) in [7, 11) is 0. The summed E-state index contributed by atoms with van der Waals surface area (Å²) in [4.78, 5) is 3.71. The summed E-state index contributed by atoms with van der Waals surface area (Å²) < 4.78 is 0. The van der Waals surface area contributed by atoms with Crippen molar-refractivity contribution >= 4 is 6.01 Å². The second kappa shape index (κ2) is 4.28. The maximum Gasteiger partial charge on any atom is 0.0862 e. The first kappa shape index (κ1) is 8.38. The highest BCUT2D eigenvalue weighted by Crippen LogP contribution is 2.08. The summed E-state index contributed by atoms with van der Waals surface area (Å²) in [5, 5.41) is 6.52. The van der Waals surface area contributed by atoms with Gasteiger partial charge in [-0.05, 0) is 11.8 Å². The van der Waals surface area contributed by atoms with Gasteiger partial charge in [-0.15, -0.1) is 0 Å². The van der Waals surface area contributed by atoms with Gasteiger partial charge in [-0.1, -0.05) is 20.8 Å². The van der Waals surface area contributed by atoms with Gasteiger partial charge in [-0.3, -0.25) is 0 Å². The molecule has 9 heavy (non-hydrogen) atoms.